The maximum absolute atomic E-state index is 14.0. The van der Waals surface area contributed by atoms with Gasteiger partial charge in [0.1, 0.15) is 12.6 Å². The van der Waals surface area contributed by atoms with E-state index in [9.17, 15) is 26.4 Å². The van der Waals surface area contributed by atoms with E-state index in [1.807, 2.05) is 0 Å². The maximum atomic E-state index is 14.0. The number of rotatable bonds is 10. The molecule has 2 N–H and O–H groups in total. The summed E-state index contributed by atoms with van der Waals surface area (Å²) in [6.45, 7) is 4.51. The Kier molecular flexibility index (Phi) is 9.89. The summed E-state index contributed by atoms with van der Waals surface area (Å²) < 4.78 is 74.3. The van der Waals surface area contributed by atoms with Gasteiger partial charge in [-0.15, -0.1) is 0 Å². The molecule has 1 fully saturated rings. The zero-order chi connectivity index (χ0) is 27.9. The van der Waals surface area contributed by atoms with Crippen molar-refractivity contribution in [1.82, 2.24) is 14.9 Å². The number of ether oxygens (including phenoxy) is 1. The van der Waals surface area contributed by atoms with Gasteiger partial charge in [0.2, 0.25) is 15.9 Å². The van der Waals surface area contributed by atoms with E-state index < -0.39 is 34.2 Å². The van der Waals surface area contributed by atoms with Gasteiger partial charge in [0.05, 0.1) is 30.2 Å². The van der Waals surface area contributed by atoms with Crippen LogP contribution in [0.2, 0.25) is 0 Å². The molecule has 1 amide bonds. The molecule has 0 unspecified atom stereocenters. The van der Waals surface area contributed by atoms with Crippen LogP contribution in [-0.2, 0) is 19.6 Å². The molecule has 206 valence electrons. The number of nitriles is 1. The summed E-state index contributed by atoms with van der Waals surface area (Å²) in [4.78, 5) is 12.6. The largest absolute Gasteiger partial charge is 0.407 e. The molecule has 2 atom stereocenters. The number of amides is 1. The minimum Gasteiger partial charge on any atom is -0.379 e. The van der Waals surface area contributed by atoms with Gasteiger partial charge >= 0.3 is 6.18 Å². The van der Waals surface area contributed by atoms with Crippen molar-refractivity contribution in [2.45, 2.75) is 43.4 Å². The molecule has 3 rings (SSSR count). The number of benzene rings is 2. The SMILES string of the molecule is CC(C)C[C@H](N[C@@H](c1ccc(-c2ccc(S(=O)(=O)N3CCOCC3)cc2)cc1)C(F)(F)F)C(=O)NCC#N. The fourth-order valence-electron chi connectivity index (χ4n) is 4.18. The molecule has 0 spiro atoms. The van der Waals surface area contributed by atoms with Gasteiger partial charge in [-0.3, -0.25) is 10.1 Å². The highest BCUT2D eigenvalue weighted by molar-refractivity contribution is 7.89. The number of carbonyl (C=O) groups excluding carboxylic acids is 1. The van der Waals surface area contributed by atoms with Crippen LogP contribution in [0.4, 0.5) is 13.2 Å². The molecule has 1 aliphatic heterocycles. The topological polar surface area (TPSA) is 112 Å². The molecule has 38 heavy (non-hydrogen) atoms. The predicted molar refractivity (Wildman–Crippen MR) is 135 cm³/mol. The molecular weight excluding hydrogens is 521 g/mol. The molecule has 1 aliphatic rings. The number of halogens is 3. The minimum absolute atomic E-state index is 0.0633. The van der Waals surface area contributed by atoms with E-state index in [-0.39, 0.29) is 42.4 Å². The van der Waals surface area contributed by atoms with Crippen molar-refractivity contribution >= 4 is 15.9 Å². The van der Waals surface area contributed by atoms with Crippen LogP contribution < -0.4 is 10.6 Å². The van der Waals surface area contributed by atoms with E-state index in [1.54, 1.807) is 32.0 Å². The zero-order valence-corrected chi connectivity index (χ0v) is 22.0. The molecule has 2 aromatic carbocycles. The first-order valence-electron chi connectivity index (χ1n) is 12.2. The van der Waals surface area contributed by atoms with Crippen LogP contribution in [-0.4, -0.2) is 63.7 Å². The minimum atomic E-state index is -4.68. The average molecular weight is 553 g/mol. The normalized spacial score (nSPS) is 16.6. The van der Waals surface area contributed by atoms with Gasteiger partial charge in [-0.1, -0.05) is 50.2 Å². The molecular formula is C26H31F3N4O4S. The highest BCUT2D eigenvalue weighted by Gasteiger charge is 2.43. The van der Waals surface area contributed by atoms with Gasteiger partial charge in [0, 0.05) is 13.1 Å². The fourth-order valence-corrected chi connectivity index (χ4v) is 5.58. The molecule has 0 radical (unpaired) electrons. The first kappa shape index (κ1) is 29.6. The summed E-state index contributed by atoms with van der Waals surface area (Å²) in [6.07, 6.45) is -4.52. The van der Waals surface area contributed by atoms with Crippen molar-refractivity contribution in [3.8, 4) is 17.2 Å². The van der Waals surface area contributed by atoms with Crippen LogP contribution in [0.5, 0.6) is 0 Å². The summed E-state index contributed by atoms with van der Waals surface area (Å²) in [7, 11) is -3.66. The standard InChI is InChI=1S/C26H31F3N4O4S/c1-18(2)17-23(25(34)31-12-11-30)32-24(26(27,28)29)21-5-3-19(4-6-21)20-7-9-22(10-8-20)38(35,36)33-13-15-37-16-14-33/h3-10,18,23-24,32H,12-17H2,1-2H3,(H,31,34)/t23-,24-/m0/s1. The Morgan fingerprint density at radius 1 is 1.05 bits per heavy atom. The average Bonchev–Trinajstić information content (AvgIpc) is 2.89. The number of morpholine rings is 1. The lowest BCUT2D eigenvalue weighted by molar-refractivity contribution is -0.161. The van der Waals surface area contributed by atoms with Crippen LogP contribution in [0.1, 0.15) is 31.9 Å². The third kappa shape index (κ3) is 7.54. The number of nitrogens with zero attached hydrogens (tertiary/aromatic N) is 2. The molecule has 0 saturated carbocycles. The van der Waals surface area contributed by atoms with Crippen molar-refractivity contribution in [2.24, 2.45) is 5.92 Å². The third-order valence-corrected chi connectivity index (χ3v) is 8.01. The summed E-state index contributed by atoms with van der Waals surface area (Å²) in [6, 6.07) is 10.4. The Bertz CT molecular complexity index is 1220. The molecule has 2 aromatic rings. The number of hydrogen-bond donors (Lipinski definition) is 2. The third-order valence-electron chi connectivity index (χ3n) is 6.10. The van der Waals surface area contributed by atoms with E-state index in [4.69, 9.17) is 10.00 Å². The predicted octanol–water partition coefficient (Wildman–Crippen LogP) is 3.62. The van der Waals surface area contributed by atoms with Gasteiger partial charge in [-0.05, 0) is 41.2 Å². The van der Waals surface area contributed by atoms with Crippen molar-refractivity contribution in [1.29, 1.82) is 5.26 Å². The van der Waals surface area contributed by atoms with Gasteiger partial charge in [0.25, 0.3) is 0 Å². The quantitative estimate of drug-likeness (QED) is 0.436. The molecule has 8 nitrogen and oxygen atoms in total. The lowest BCUT2D eigenvalue weighted by atomic mass is 9.97. The number of hydrogen-bond acceptors (Lipinski definition) is 6. The van der Waals surface area contributed by atoms with Crippen LogP contribution in [0.3, 0.4) is 0 Å². The summed E-state index contributed by atoms with van der Waals surface area (Å²) in [5.74, 6) is -0.732. The number of alkyl halides is 3. The molecule has 0 aliphatic carbocycles. The lowest BCUT2D eigenvalue weighted by Gasteiger charge is -2.28. The Morgan fingerprint density at radius 3 is 2.11 bits per heavy atom. The van der Waals surface area contributed by atoms with E-state index in [1.165, 1.54) is 40.7 Å². The van der Waals surface area contributed by atoms with Crippen molar-refractivity contribution in [3.05, 3.63) is 54.1 Å². The van der Waals surface area contributed by atoms with E-state index in [0.717, 1.165) is 0 Å². The molecule has 12 heteroatoms. The second-order valence-electron chi connectivity index (χ2n) is 9.36. The Labute approximate surface area is 220 Å². The smallest absolute Gasteiger partial charge is 0.379 e. The first-order valence-corrected chi connectivity index (χ1v) is 13.6. The lowest BCUT2D eigenvalue weighted by Crippen LogP contribution is -2.49. The van der Waals surface area contributed by atoms with Crippen LogP contribution in [0, 0.1) is 17.2 Å². The Balaban J connectivity index is 1.80. The van der Waals surface area contributed by atoms with Crippen molar-refractivity contribution in [3.63, 3.8) is 0 Å². The van der Waals surface area contributed by atoms with Crippen LogP contribution in [0.25, 0.3) is 11.1 Å². The number of carbonyl (C=O) groups is 1. The van der Waals surface area contributed by atoms with Crippen molar-refractivity contribution < 1.29 is 31.1 Å². The van der Waals surface area contributed by atoms with Gasteiger partial charge in [-0.2, -0.15) is 22.7 Å². The number of nitrogens with one attached hydrogen (secondary N) is 2. The number of sulfonamides is 1. The Hall–Kier alpha value is -2.98. The van der Waals surface area contributed by atoms with Crippen LogP contribution >= 0.6 is 0 Å². The highest BCUT2D eigenvalue weighted by Crippen LogP contribution is 2.35. The monoisotopic (exact) mass is 552 g/mol. The molecule has 0 aromatic heterocycles. The van der Waals surface area contributed by atoms with Gasteiger partial charge in [0.15, 0.2) is 0 Å². The molecule has 0 bridgehead atoms. The van der Waals surface area contributed by atoms with E-state index >= 15 is 0 Å². The summed E-state index contributed by atoms with van der Waals surface area (Å²) in [5.41, 5.74) is 1.17. The summed E-state index contributed by atoms with van der Waals surface area (Å²) in [5, 5.41) is 13.5. The second-order valence-corrected chi connectivity index (χ2v) is 11.3. The molecule has 1 saturated heterocycles. The van der Waals surface area contributed by atoms with Gasteiger partial charge < -0.3 is 10.1 Å². The van der Waals surface area contributed by atoms with Crippen LogP contribution in [0.15, 0.2) is 53.4 Å². The van der Waals surface area contributed by atoms with E-state index in [2.05, 4.69) is 10.6 Å². The highest BCUT2D eigenvalue weighted by atomic mass is 32.2. The maximum Gasteiger partial charge on any atom is 0.407 e. The second kappa shape index (κ2) is 12.7. The Morgan fingerprint density at radius 2 is 1.61 bits per heavy atom. The first-order chi connectivity index (χ1) is 17.9. The fraction of sp³-hybridized carbons (Fsp3) is 0.462. The van der Waals surface area contributed by atoms with Crippen molar-refractivity contribution in [2.75, 3.05) is 32.8 Å². The van der Waals surface area contributed by atoms with Gasteiger partial charge in [-0.25, -0.2) is 8.42 Å². The summed E-state index contributed by atoms with van der Waals surface area (Å²) >= 11 is 0. The van der Waals surface area contributed by atoms with E-state index in [0.29, 0.717) is 24.3 Å². The zero-order valence-electron chi connectivity index (χ0n) is 21.2. The molecule has 1 heterocycles.